The number of amides is 1. The largest absolute Gasteiger partial charge is 0.467 e. The number of esters is 1. The molecule has 1 aliphatic rings. The molecule has 2 atom stereocenters. The highest BCUT2D eigenvalue weighted by atomic mass is 16.5. The maximum atomic E-state index is 12.6. The summed E-state index contributed by atoms with van der Waals surface area (Å²) in [4.78, 5) is 25.7. The summed E-state index contributed by atoms with van der Waals surface area (Å²) in [6, 6.07) is 4.41. The van der Waals surface area contributed by atoms with E-state index in [0.717, 1.165) is 10.9 Å². The van der Waals surface area contributed by atoms with Crippen molar-refractivity contribution < 1.29 is 19.4 Å². The third-order valence-electron chi connectivity index (χ3n) is 3.70. The van der Waals surface area contributed by atoms with Crippen molar-refractivity contribution in [3.63, 3.8) is 0 Å². The smallest absolute Gasteiger partial charge is 0.328 e. The number of aromatic nitrogens is 2. The van der Waals surface area contributed by atoms with Gasteiger partial charge in [0.25, 0.3) is 5.91 Å². The van der Waals surface area contributed by atoms with Crippen LogP contribution in [0.15, 0.2) is 24.4 Å². The number of hydrogen-bond donors (Lipinski definition) is 2. The average molecular weight is 289 g/mol. The number of ether oxygens (including phenoxy) is 1. The molecule has 21 heavy (non-hydrogen) atoms. The van der Waals surface area contributed by atoms with E-state index in [4.69, 9.17) is 4.74 Å². The van der Waals surface area contributed by atoms with Crippen molar-refractivity contribution in [1.82, 2.24) is 15.1 Å². The van der Waals surface area contributed by atoms with Gasteiger partial charge in [0.15, 0.2) is 0 Å². The van der Waals surface area contributed by atoms with Crippen LogP contribution in [0, 0.1) is 0 Å². The molecular formula is C14H15N3O4. The molecule has 1 aromatic carbocycles. The number of carbonyl (C=O) groups is 2. The van der Waals surface area contributed by atoms with Crippen molar-refractivity contribution in [3.8, 4) is 0 Å². The van der Waals surface area contributed by atoms with Gasteiger partial charge < -0.3 is 14.7 Å². The molecule has 1 saturated heterocycles. The zero-order valence-electron chi connectivity index (χ0n) is 11.4. The molecule has 0 bridgehead atoms. The van der Waals surface area contributed by atoms with Crippen molar-refractivity contribution in [3.05, 3.63) is 30.0 Å². The van der Waals surface area contributed by atoms with Gasteiger partial charge in [0, 0.05) is 23.9 Å². The summed E-state index contributed by atoms with van der Waals surface area (Å²) in [6.45, 7) is 0.125. The van der Waals surface area contributed by atoms with Crippen LogP contribution in [-0.4, -0.2) is 57.9 Å². The Kier molecular flexibility index (Phi) is 3.34. The molecule has 3 rings (SSSR count). The Balaban J connectivity index is 1.90. The van der Waals surface area contributed by atoms with Gasteiger partial charge in [-0.15, -0.1) is 0 Å². The van der Waals surface area contributed by atoms with E-state index in [1.54, 1.807) is 24.4 Å². The number of methoxy groups -OCH3 is 1. The zero-order chi connectivity index (χ0) is 15.0. The summed E-state index contributed by atoms with van der Waals surface area (Å²) in [5.74, 6) is -0.819. The minimum atomic E-state index is -0.741. The Bertz CT molecular complexity index is 696. The minimum Gasteiger partial charge on any atom is -0.467 e. The number of benzene rings is 1. The monoisotopic (exact) mass is 289 g/mol. The summed E-state index contributed by atoms with van der Waals surface area (Å²) in [5, 5.41) is 17.3. The minimum absolute atomic E-state index is 0.125. The number of likely N-dealkylation sites (tertiary alicyclic amines) is 1. The van der Waals surface area contributed by atoms with Gasteiger partial charge in [-0.1, -0.05) is 6.07 Å². The molecule has 0 saturated carbocycles. The van der Waals surface area contributed by atoms with Gasteiger partial charge in [-0.05, 0) is 12.1 Å². The standard InChI is InChI=1S/C14H15N3O4/c1-21-14(20)12-5-10(18)7-17(12)13(19)8-2-3-9-6-15-16-11(9)4-8/h2-4,6,10,12,18H,5,7H2,1H3,(H,15,16). The highest BCUT2D eigenvalue weighted by Gasteiger charge is 2.39. The molecule has 110 valence electrons. The molecule has 1 fully saturated rings. The SMILES string of the molecule is COC(=O)C1CC(O)CN1C(=O)c1ccc2cn[nH]c2c1. The fourth-order valence-corrected chi connectivity index (χ4v) is 2.63. The fourth-order valence-electron chi connectivity index (χ4n) is 2.63. The summed E-state index contributed by atoms with van der Waals surface area (Å²) < 4.78 is 4.70. The number of nitrogens with one attached hydrogen (secondary N) is 1. The van der Waals surface area contributed by atoms with Crippen LogP contribution in [0.25, 0.3) is 10.9 Å². The number of carbonyl (C=O) groups excluding carboxylic acids is 2. The number of aliphatic hydroxyl groups is 1. The number of nitrogens with zero attached hydrogens (tertiary/aromatic N) is 2. The lowest BCUT2D eigenvalue weighted by Gasteiger charge is -2.22. The molecule has 2 aromatic rings. The van der Waals surface area contributed by atoms with E-state index in [-0.39, 0.29) is 18.9 Å². The molecule has 7 nitrogen and oxygen atoms in total. The average Bonchev–Trinajstić information content (AvgIpc) is 3.10. The van der Waals surface area contributed by atoms with E-state index in [2.05, 4.69) is 10.2 Å². The highest BCUT2D eigenvalue weighted by Crippen LogP contribution is 2.23. The summed E-state index contributed by atoms with van der Waals surface area (Å²) in [7, 11) is 1.27. The first-order chi connectivity index (χ1) is 10.1. The predicted octanol–water partition coefficient (Wildman–Crippen LogP) is 0.311. The van der Waals surface area contributed by atoms with Gasteiger partial charge in [-0.2, -0.15) is 5.10 Å². The Morgan fingerprint density at radius 3 is 3.05 bits per heavy atom. The van der Waals surface area contributed by atoms with Crippen molar-refractivity contribution >= 4 is 22.8 Å². The van der Waals surface area contributed by atoms with E-state index in [1.807, 2.05) is 0 Å². The molecule has 2 unspecified atom stereocenters. The van der Waals surface area contributed by atoms with Crippen LogP contribution in [0.5, 0.6) is 0 Å². The van der Waals surface area contributed by atoms with Crippen molar-refractivity contribution in [2.24, 2.45) is 0 Å². The second-order valence-electron chi connectivity index (χ2n) is 5.06. The lowest BCUT2D eigenvalue weighted by molar-refractivity contribution is -0.145. The van der Waals surface area contributed by atoms with E-state index < -0.39 is 18.1 Å². The van der Waals surface area contributed by atoms with Crippen molar-refractivity contribution in [1.29, 1.82) is 0 Å². The van der Waals surface area contributed by atoms with Gasteiger partial charge >= 0.3 is 5.97 Å². The lowest BCUT2D eigenvalue weighted by Crippen LogP contribution is -2.41. The van der Waals surface area contributed by atoms with Crippen LogP contribution < -0.4 is 0 Å². The fraction of sp³-hybridized carbons (Fsp3) is 0.357. The van der Waals surface area contributed by atoms with Crippen LogP contribution in [0.3, 0.4) is 0 Å². The van der Waals surface area contributed by atoms with Gasteiger partial charge in [-0.3, -0.25) is 9.89 Å². The third-order valence-corrected chi connectivity index (χ3v) is 3.70. The normalized spacial score (nSPS) is 21.7. The quantitative estimate of drug-likeness (QED) is 0.776. The summed E-state index contributed by atoms with van der Waals surface area (Å²) in [6.07, 6.45) is 1.15. The Labute approximate surface area is 120 Å². The molecule has 1 amide bonds. The Morgan fingerprint density at radius 1 is 1.48 bits per heavy atom. The van der Waals surface area contributed by atoms with Gasteiger partial charge in [0.2, 0.25) is 0 Å². The Morgan fingerprint density at radius 2 is 2.29 bits per heavy atom. The van der Waals surface area contributed by atoms with Gasteiger partial charge in [-0.25, -0.2) is 4.79 Å². The summed E-state index contributed by atoms with van der Waals surface area (Å²) in [5.41, 5.74) is 1.19. The first kappa shape index (κ1) is 13.6. The second kappa shape index (κ2) is 5.17. The number of aromatic amines is 1. The Hall–Kier alpha value is -2.41. The van der Waals surface area contributed by atoms with E-state index in [1.165, 1.54) is 12.0 Å². The molecule has 2 heterocycles. The summed E-state index contributed by atoms with van der Waals surface area (Å²) >= 11 is 0. The molecular weight excluding hydrogens is 274 g/mol. The predicted molar refractivity (Wildman–Crippen MR) is 73.6 cm³/mol. The highest BCUT2D eigenvalue weighted by molar-refractivity contribution is 5.99. The molecule has 7 heteroatoms. The molecule has 1 aliphatic heterocycles. The van der Waals surface area contributed by atoms with Crippen molar-refractivity contribution in [2.75, 3.05) is 13.7 Å². The number of aliphatic hydroxyl groups excluding tert-OH is 1. The van der Waals surface area contributed by atoms with Crippen LogP contribution in [-0.2, 0) is 9.53 Å². The number of rotatable bonds is 2. The van der Waals surface area contributed by atoms with E-state index >= 15 is 0 Å². The maximum Gasteiger partial charge on any atom is 0.328 e. The van der Waals surface area contributed by atoms with E-state index in [9.17, 15) is 14.7 Å². The van der Waals surface area contributed by atoms with Crippen LogP contribution in [0.4, 0.5) is 0 Å². The third kappa shape index (κ3) is 2.36. The van der Waals surface area contributed by atoms with Crippen LogP contribution >= 0.6 is 0 Å². The first-order valence-corrected chi connectivity index (χ1v) is 6.60. The molecule has 0 aliphatic carbocycles. The first-order valence-electron chi connectivity index (χ1n) is 6.60. The zero-order valence-corrected chi connectivity index (χ0v) is 11.4. The van der Waals surface area contributed by atoms with Gasteiger partial charge in [0.1, 0.15) is 6.04 Å². The molecule has 0 radical (unpaired) electrons. The number of β-amino-alcohol motifs (C(OH)–C–C–N with tert-alkyl or cyclic N) is 1. The number of fused-ring (bicyclic) bond motifs is 1. The number of H-pyrrole nitrogens is 1. The molecule has 1 aromatic heterocycles. The van der Waals surface area contributed by atoms with Crippen LogP contribution in [0.2, 0.25) is 0 Å². The van der Waals surface area contributed by atoms with Crippen molar-refractivity contribution in [2.45, 2.75) is 18.6 Å². The maximum absolute atomic E-state index is 12.6. The number of hydrogen-bond acceptors (Lipinski definition) is 5. The lowest BCUT2D eigenvalue weighted by atomic mass is 10.1. The van der Waals surface area contributed by atoms with Gasteiger partial charge in [0.05, 0.1) is 24.9 Å². The molecule has 2 N–H and O–H groups in total. The topological polar surface area (TPSA) is 95.5 Å². The second-order valence-corrected chi connectivity index (χ2v) is 5.06. The molecule has 0 spiro atoms. The van der Waals surface area contributed by atoms with Crippen LogP contribution in [0.1, 0.15) is 16.8 Å². The van der Waals surface area contributed by atoms with E-state index in [0.29, 0.717) is 5.56 Å².